The summed E-state index contributed by atoms with van der Waals surface area (Å²) in [7, 11) is 0. The summed E-state index contributed by atoms with van der Waals surface area (Å²) >= 11 is 0. The van der Waals surface area contributed by atoms with Gasteiger partial charge in [0.25, 0.3) is 0 Å². The van der Waals surface area contributed by atoms with Gasteiger partial charge in [0.2, 0.25) is 0 Å². The largest absolute Gasteiger partial charge is 0.396 e. The van der Waals surface area contributed by atoms with Crippen molar-refractivity contribution in [1.29, 1.82) is 0 Å². The predicted octanol–water partition coefficient (Wildman–Crippen LogP) is 0.907. The normalized spacial score (nSPS) is 17.8. The molecule has 0 aromatic heterocycles. The Bertz CT molecular complexity index is 127. The summed E-state index contributed by atoms with van der Waals surface area (Å²) in [6, 6.07) is 0. The summed E-state index contributed by atoms with van der Waals surface area (Å²) in [5.41, 5.74) is 0. The minimum atomic E-state index is -0.471. The molecule has 0 bridgehead atoms. The van der Waals surface area contributed by atoms with Crippen molar-refractivity contribution < 1.29 is 19.7 Å². The molecule has 4 nitrogen and oxygen atoms in total. The third-order valence-corrected chi connectivity index (χ3v) is 1.78. The lowest BCUT2D eigenvalue weighted by atomic mass is 10.3. The Morgan fingerprint density at radius 3 is 2.36 bits per heavy atom. The predicted molar refractivity (Wildman–Crippen MR) is 54.0 cm³/mol. The molecule has 3 unspecified atom stereocenters. The quantitative estimate of drug-likeness (QED) is 0.579. The van der Waals surface area contributed by atoms with Crippen LogP contribution in [0.3, 0.4) is 0 Å². The van der Waals surface area contributed by atoms with Gasteiger partial charge >= 0.3 is 0 Å². The van der Waals surface area contributed by atoms with E-state index >= 15 is 0 Å². The first-order valence-corrected chi connectivity index (χ1v) is 5.16. The fourth-order valence-electron chi connectivity index (χ4n) is 1.01. The van der Waals surface area contributed by atoms with Crippen LogP contribution >= 0.6 is 0 Å². The molecule has 0 saturated heterocycles. The number of aliphatic hydroxyl groups excluding tert-OH is 2. The van der Waals surface area contributed by atoms with Crippen molar-refractivity contribution in [1.82, 2.24) is 0 Å². The lowest BCUT2D eigenvalue weighted by Crippen LogP contribution is -2.26. The van der Waals surface area contributed by atoms with Crippen LogP contribution in [0.15, 0.2) is 0 Å². The maximum atomic E-state index is 9.01. The van der Waals surface area contributed by atoms with Gasteiger partial charge in [-0.15, -0.1) is 0 Å². The van der Waals surface area contributed by atoms with Gasteiger partial charge in [0.05, 0.1) is 18.8 Å². The van der Waals surface area contributed by atoms with Crippen molar-refractivity contribution in [3.63, 3.8) is 0 Å². The van der Waals surface area contributed by atoms with E-state index in [4.69, 9.17) is 19.7 Å². The molecule has 0 heterocycles. The van der Waals surface area contributed by atoms with Gasteiger partial charge in [-0.1, -0.05) is 6.92 Å². The van der Waals surface area contributed by atoms with Crippen molar-refractivity contribution in [2.75, 3.05) is 13.2 Å². The molecule has 0 saturated carbocycles. The van der Waals surface area contributed by atoms with E-state index in [2.05, 4.69) is 0 Å². The molecule has 0 aliphatic heterocycles. The number of aliphatic hydroxyl groups is 2. The van der Waals surface area contributed by atoms with Crippen LogP contribution in [0.25, 0.3) is 0 Å². The zero-order chi connectivity index (χ0) is 11.0. The molecule has 0 aliphatic carbocycles. The first-order valence-electron chi connectivity index (χ1n) is 5.16. The Morgan fingerprint density at radius 1 is 1.29 bits per heavy atom. The second-order valence-electron chi connectivity index (χ2n) is 3.48. The molecule has 3 atom stereocenters. The lowest BCUT2D eigenvalue weighted by Gasteiger charge is -2.21. The molecule has 0 radical (unpaired) electrons. The molecule has 4 heteroatoms. The Morgan fingerprint density at radius 2 is 1.93 bits per heavy atom. The average molecular weight is 206 g/mol. The van der Waals surface area contributed by atoms with E-state index in [0.717, 1.165) is 6.42 Å². The van der Waals surface area contributed by atoms with E-state index in [1.807, 2.05) is 13.8 Å². The van der Waals surface area contributed by atoms with Crippen LogP contribution in [0, 0.1) is 0 Å². The highest BCUT2D eigenvalue weighted by Crippen LogP contribution is 2.07. The first kappa shape index (κ1) is 13.8. The molecule has 0 aliphatic rings. The van der Waals surface area contributed by atoms with Crippen LogP contribution in [-0.4, -0.2) is 41.9 Å². The molecule has 14 heavy (non-hydrogen) atoms. The maximum absolute atomic E-state index is 9.01. The second-order valence-corrected chi connectivity index (χ2v) is 3.48. The van der Waals surface area contributed by atoms with Crippen LogP contribution in [-0.2, 0) is 9.47 Å². The van der Waals surface area contributed by atoms with Crippen molar-refractivity contribution in [3.05, 3.63) is 0 Å². The van der Waals surface area contributed by atoms with Crippen molar-refractivity contribution >= 4 is 0 Å². The maximum Gasteiger partial charge on any atom is 0.157 e. The average Bonchev–Trinajstić information content (AvgIpc) is 2.12. The fraction of sp³-hybridized carbons (Fsp3) is 1.00. The van der Waals surface area contributed by atoms with E-state index in [9.17, 15) is 0 Å². The van der Waals surface area contributed by atoms with Crippen LogP contribution in [0.1, 0.15) is 33.6 Å². The van der Waals surface area contributed by atoms with Gasteiger partial charge < -0.3 is 19.7 Å². The third kappa shape index (κ3) is 7.26. The first-order chi connectivity index (χ1) is 6.60. The smallest absolute Gasteiger partial charge is 0.157 e. The number of hydrogen-bond donors (Lipinski definition) is 2. The lowest BCUT2D eigenvalue weighted by molar-refractivity contribution is -0.180. The summed E-state index contributed by atoms with van der Waals surface area (Å²) in [5.74, 6) is 0. The van der Waals surface area contributed by atoms with Crippen LogP contribution < -0.4 is 0 Å². The molecule has 0 aromatic carbocycles. The summed E-state index contributed by atoms with van der Waals surface area (Å²) in [6.07, 6.45) is 0.572. The molecule has 86 valence electrons. The number of hydrogen-bond acceptors (Lipinski definition) is 4. The van der Waals surface area contributed by atoms with Gasteiger partial charge in [0.15, 0.2) is 6.29 Å². The van der Waals surface area contributed by atoms with E-state index in [1.165, 1.54) is 0 Å². The van der Waals surface area contributed by atoms with Gasteiger partial charge in [-0.05, 0) is 26.7 Å². The highest BCUT2D eigenvalue weighted by Gasteiger charge is 2.12. The molecular formula is C10H22O4. The Kier molecular flexibility index (Phi) is 8.08. The molecule has 0 spiro atoms. The molecular weight excluding hydrogens is 184 g/mol. The summed E-state index contributed by atoms with van der Waals surface area (Å²) < 4.78 is 10.8. The third-order valence-electron chi connectivity index (χ3n) is 1.78. The number of ether oxygens (including phenoxy) is 2. The second kappa shape index (κ2) is 8.17. The molecule has 0 aromatic rings. The van der Waals surface area contributed by atoms with E-state index in [1.54, 1.807) is 6.92 Å². The minimum absolute atomic E-state index is 0.0149. The summed E-state index contributed by atoms with van der Waals surface area (Å²) in [6.45, 7) is 5.92. The van der Waals surface area contributed by atoms with Crippen LogP contribution in [0.4, 0.5) is 0 Å². The Labute approximate surface area is 85.8 Å². The highest BCUT2D eigenvalue weighted by molar-refractivity contribution is 4.52. The van der Waals surface area contributed by atoms with Crippen molar-refractivity contribution in [3.8, 4) is 0 Å². The topological polar surface area (TPSA) is 58.9 Å². The van der Waals surface area contributed by atoms with Crippen molar-refractivity contribution in [2.24, 2.45) is 0 Å². The van der Waals surface area contributed by atoms with Crippen molar-refractivity contribution in [2.45, 2.75) is 52.1 Å². The Balaban J connectivity index is 3.66. The van der Waals surface area contributed by atoms with Gasteiger partial charge in [-0.2, -0.15) is 0 Å². The number of rotatable bonds is 8. The standard InChI is InChI=1S/C10H22O4/c1-4-10(13-7-8(2)12)14-9(3)5-6-11/h8-12H,4-7H2,1-3H3. The van der Waals surface area contributed by atoms with E-state index in [-0.39, 0.29) is 25.6 Å². The summed E-state index contributed by atoms with van der Waals surface area (Å²) in [4.78, 5) is 0. The van der Waals surface area contributed by atoms with Gasteiger partial charge in [-0.3, -0.25) is 0 Å². The molecule has 0 rings (SSSR count). The zero-order valence-electron chi connectivity index (χ0n) is 9.27. The highest BCUT2D eigenvalue weighted by atomic mass is 16.7. The van der Waals surface area contributed by atoms with Crippen LogP contribution in [0.2, 0.25) is 0 Å². The SMILES string of the molecule is CCC(OCC(C)O)OC(C)CCO. The molecule has 0 amide bonds. The fourth-order valence-corrected chi connectivity index (χ4v) is 1.01. The van der Waals surface area contributed by atoms with Crippen LogP contribution in [0.5, 0.6) is 0 Å². The molecule has 2 N–H and O–H groups in total. The van der Waals surface area contributed by atoms with Gasteiger partial charge in [0.1, 0.15) is 0 Å². The molecule has 0 fully saturated rings. The van der Waals surface area contributed by atoms with E-state index < -0.39 is 6.10 Å². The zero-order valence-corrected chi connectivity index (χ0v) is 9.27. The summed E-state index contributed by atoms with van der Waals surface area (Å²) in [5, 5.41) is 17.7. The minimum Gasteiger partial charge on any atom is -0.396 e. The van der Waals surface area contributed by atoms with Gasteiger partial charge in [-0.25, -0.2) is 0 Å². The van der Waals surface area contributed by atoms with Gasteiger partial charge in [0, 0.05) is 6.61 Å². The monoisotopic (exact) mass is 206 g/mol. The van der Waals surface area contributed by atoms with E-state index in [0.29, 0.717) is 6.42 Å². The Hall–Kier alpha value is -0.160.